The third-order valence-corrected chi connectivity index (χ3v) is 4.26. The standard InChI is InChI=1S/C16H16N6O2/c23-15(9-21-11-17-10-18-21)20-6-5-14-19-13-4-2-1-3-12(13)16(24)22(14)8-7-20/h1-4,10-11H,5-9H2. The van der Waals surface area contributed by atoms with Crippen LogP contribution in [0.15, 0.2) is 41.7 Å². The van der Waals surface area contributed by atoms with Crippen LogP contribution in [0.25, 0.3) is 10.9 Å². The highest BCUT2D eigenvalue weighted by molar-refractivity contribution is 5.77. The van der Waals surface area contributed by atoms with Gasteiger partial charge in [0, 0.05) is 26.1 Å². The van der Waals surface area contributed by atoms with E-state index < -0.39 is 0 Å². The fraction of sp³-hybridized carbons (Fsp3) is 0.312. The van der Waals surface area contributed by atoms with Crippen LogP contribution in [-0.4, -0.2) is 48.2 Å². The average molecular weight is 324 g/mol. The molecule has 8 nitrogen and oxygen atoms in total. The summed E-state index contributed by atoms with van der Waals surface area (Å²) in [5.74, 6) is 0.695. The Morgan fingerprint density at radius 1 is 1.17 bits per heavy atom. The van der Waals surface area contributed by atoms with Gasteiger partial charge in [0.2, 0.25) is 5.91 Å². The van der Waals surface area contributed by atoms with Crippen molar-refractivity contribution in [2.45, 2.75) is 19.5 Å². The fourth-order valence-corrected chi connectivity index (χ4v) is 3.01. The van der Waals surface area contributed by atoms with Gasteiger partial charge in [-0.25, -0.2) is 14.6 Å². The maximum absolute atomic E-state index is 12.7. The number of para-hydroxylation sites is 1. The molecule has 1 aliphatic rings. The molecule has 24 heavy (non-hydrogen) atoms. The SMILES string of the molecule is O=C(Cn1cncn1)N1CCc2nc3ccccc3c(=O)n2CC1. The van der Waals surface area contributed by atoms with Gasteiger partial charge in [0.1, 0.15) is 25.0 Å². The largest absolute Gasteiger partial charge is 0.339 e. The zero-order valence-corrected chi connectivity index (χ0v) is 13.0. The summed E-state index contributed by atoms with van der Waals surface area (Å²) in [6.45, 7) is 1.63. The first-order valence-corrected chi connectivity index (χ1v) is 7.81. The summed E-state index contributed by atoms with van der Waals surface area (Å²) < 4.78 is 3.18. The van der Waals surface area contributed by atoms with E-state index in [0.717, 1.165) is 5.82 Å². The number of fused-ring (bicyclic) bond motifs is 2. The normalized spacial score (nSPS) is 14.4. The van der Waals surface area contributed by atoms with Crippen LogP contribution in [0.2, 0.25) is 0 Å². The number of carbonyl (C=O) groups excluding carboxylic acids is 1. The first-order chi connectivity index (χ1) is 11.7. The number of rotatable bonds is 2. The fourth-order valence-electron chi connectivity index (χ4n) is 3.01. The van der Waals surface area contributed by atoms with Gasteiger partial charge in [0.25, 0.3) is 5.56 Å². The Bertz CT molecular complexity index is 947. The molecule has 4 rings (SSSR count). The molecule has 0 saturated carbocycles. The molecule has 0 radical (unpaired) electrons. The first kappa shape index (κ1) is 14.6. The number of nitrogens with zero attached hydrogens (tertiary/aromatic N) is 6. The highest BCUT2D eigenvalue weighted by Gasteiger charge is 2.21. The molecule has 0 N–H and O–H groups in total. The second-order valence-electron chi connectivity index (χ2n) is 5.73. The highest BCUT2D eigenvalue weighted by Crippen LogP contribution is 2.11. The molecule has 0 atom stereocenters. The Morgan fingerprint density at radius 2 is 2.04 bits per heavy atom. The minimum absolute atomic E-state index is 0.0362. The van der Waals surface area contributed by atoms with Gasteiger partial charge in [-0.15, -0.1) is 0 Å². The van der Waals surface area contributed by atoms with E-state index in [2.05, 4.69) is 15.1 Å². The molecule has 0 bridgehead atoms. The molecule has 0 fully saturated rings. The summed E-state index contributed by atoms with van der Waals surface area (Å²) in [6.07, 6.45) is 3.48. The summed E-state index contributed by atoms with van der Waals surface area (Å²) in [4.78, 5) is 35.3. The predicted octanol–water partition coefficient (Wildman–Crippen LogP) is 0.0729. The minimum atomic E-state index is -0.0406. The Morgan fingerprint density at radius 3 is 2.88 bits per heavy atom. The lowest BCUT2D eigenvalue weighted by Gasteiger charge is -2.19. The zero-order chi connectivity index (χ0) is 16.5. The molecule has 3 heterocycles. The summed E-state index contributed by atoms with van der Waals surface area (Å²) in [5, 5.41) is 4.57. The number of amides is 1. The second kappa shape index (κ2) is 5.88. The smallest absolute Gasteiger partial charge is 0.261 e. The van der Waals surface area contributed by atoms with Crippen molar-refractivity contribution in [1.82, 2.24) is 29.2 Å². The van der Waals surface area contributed by atoms with Gasteiger partial charge in [-0.3, -0.25) is 14.2 Å². The van der Waals surface area contributed by atoms with Crippen LogP contribution in [-0.2, 0) is 24.3 Å². The lowest BCUT2D eigenvalue weighted by Crippen LogP contribution is -2.36. The Hall–Kier alpha value is -3.03. The van der Waals surface area contributed by atoms with Gasteiger partial charge in [0.15, 0.2) is 0 Å². The van der Waals surface area contributed by atoms with Crippen LogP contribution < -0.4 is 5.56 Å². The summed E-state index contributed by atoms with van der Waals surface area (Å²) >= 11 is 0. The quantitative estimate of drug-likeness (QED) is 0.666. The van der Waals surface area contributed by atoms with Crippen molar-refractivity contribution in [3.05, 3.63) is 53.1 Å². The highest BCUT2D eigenvalue weighted by atomic mass is 16.2. The van der Waals surface area contributed by atoms with Gasteiger partial charge in [-0.2, -0.15) is 5.10 Å². The lowest BCUT2D eigenvalue weighted by molar-refractivity contribution is -0.132. The summed E-state index contributed by atoms with van der Waals surface area (Å²) in [5.41, 5.74) is 0.664. The van der Waals surface area contributed by atoms with Crippen LogP contribution in [0.4, 0.5) is 0 Å². The van der Waals surface area contributed by atoms with E-state index in [4.69, 9.17) is 0 Å². The van der Waals surface area contributed by atoms with Gasteiger partial charge < -0.3 is 4.90 Å². The van der Waals surface area contributed by atoms with Crippen molar-refractivity contribution in [3.63, 3.8) is 0 Å². The predicted molar refractivity (Wildman–Crippen MR) is 86.3 cm³/mol. The van der Waals surface area contributed by atoms with Crippen molar-refractivity contribution in [1.29, 1.82) is 0 Å². The minimum Gasteiger partial charge on any atom is -0.339 e. The molecule has 2 aromatic heterocycles. The van der Waals surface area contributed by atoms with Crippen LogP contribution >= 0.6 is 0 Å². The third kappa shape index (κ3) is 2.55. The molecule has 0 saturated heterocycles. The van der Waals surface area contributed by atoms with E-state index in [0.29, 0.717) is 37.0 Å². The van der Waals surface area contributed by atoms with Gasteiger partial charge in [0.05, 0.1) is 10.9 Å². The van der Waals surface area contributed by atoms with Crippen molar-refractivity contribution < 1.29 is 4.79 Å². The van der Waals surface area contributed by atoms with Gasteiger partial charge in [-0.05, 0) is 12.1 Å². The Labute approximate surface area is 137 Å². The topological polar surface area (TPSA) is 85.9 Å². The van der Waals surface area contributed by atoms with E-state index in [1.54, 1.807) is 15.5 Å². The van der Waals surface area contributed by atoms with Crippen LogP contribution in [0.1, 0.15) is 5.82 Å². The molecular formula is C16H16N6O2. The molecule has 1 amide bonds. The van der Waals surface area contributed by atoms with Crippen molar-refractivity contribution in [2.75, 3.05) is 13.1 Å². The summed E-state index contributed by atoms with van der Waals surface area (Å²) in [7, 11) is 0. The van der Waals surface area contributed by atoms with Gasteiger partial charge in [-0.1, -0.05) is 12.1 Å². The average Bonchev–Trinajstić information content (AvgIpc) is 3.00. The molecule has 3 aromatic rings. The lowest BCUT2D eigenvalue weighted by atomic mass is 10.2. The molecule has 0 spiro atoms. The zero-order valence-electron chi connectivity index (χ0n) is 13.0. The molecule has 0 aliphatic carbocycles. The number of hydrogen-bond donors (Lipinski definition) is 0. The van der Waals surface area contributed by atoms with Crippen LogP contribution in [0.3, 0.4) is 0 Å². The number of carbonyl (C=O) groups is 1. The second-order valence-corrected chi connectivity index (χ2v) is 5.73. The van der Waals surface area contributed by atoms with Crippen LogP contribution in [0.5, 0.6) is 0 Å². The maximum Gasteiger partial charge on any atom is 0.261 e. The molecule has 1 aromatic carbocycles. The Kier molecular flexibility index (Phi) is 3.56. The number of hydrogen-bond acceptors (Lipinski definition) is 5. The van der Waals surface area contributed by atoms with E-state index in [9.17, 15) is 9.59 Å². The van der Waals surface area contributed by atoms with Crippen molar-refractivity contribution >= 4 is 16.8 Å². The molecule has 0 unspecified atom stereocenters. The van der Waals surface area contributed by atoms with Gasteiger partial charge >= 0.3 is 0 Å². The Balaban J connectivity index is 1.60. The van der Waals surface area contributed by atoms with E-state index >= 15 is 0 Å². The number of benzene rings is 1. The maximum atomic E-state index is 12.7. The van der Waals surface area contributed by atoms with E-state index in [1.165, 1.54) is 17.3 Å². The molecule has 122 valence electrons. The monoisotopic (exact) mass is 324 g/mol. The van der Waals surface area contributed by atoms with Crippen LogP contribution in [0, 0.1) is 0 Å². The third-order valence-electron chi connectivity index (χ3n) is 4.26. The summed E-state index contributed by atoms with van der Waals surface area (Å²) in [6, 6.07) is 7.34. The van der Waals surface area contributed by atoms with Crippen molar-refractivity contribution in [2.24, 2.45) is 0 Å². The first-order valence-electron chi connectivity index (χ1n) is 7.81. The molecule has 8 heteroatoms. The molecule has 1 aliphatic heterocycles. The van der Waals surface area contributed by atoms with E-state index in [1.807, 2.05) is 18.2 Å². The van der Waals surface area contributed by atoms with Crippen molar-refractivity contribution in [3.8, 4) is 0 Å². The van der Waals surface area contributed by atoms with E-state index in [-0.39, 0.29) is 18.0 Å². The number of aromatic nitrogens is 5. The molecular weight excluding hydrogens is 308 g/mol.